The van der Waals surface area contributed by atoms with Crippen LogP contribution >= 0.6 is 0 Å². The maximum Gasteiger partial charge on any atom is 0.0370 e. The Hall–Kier alpha value is -1.18. The molecule has 0 radical (unpaired) electrons. The third kappa shape index (κ3) is 2.74. The number of aryl methyl sites for hydroxylation is 1. The Bertz CT molecular complexity index is 386. The molecule has 0 aliphatic carbocycles. The molecular weight excluding hydrogens is 208 g/mol. The highest BCUT2D eigenvalue weighted by Crippen LogP contribution is 2.33. The number of nitrogens with one attached hydrogen (secondary N) is 1. The van der Waals surface area contributed by atoms with Crippen molar-refractivity contribution in [1.82, 2.24) is 0 Å². The summed E-state index contributed by atoms with van der Waals surface area (Å²) in [7, 11) is 1.98. The zero-order valence-electron chi connectivity index (χ0n) is 11.5. The Balaban J connectivity index is 2.11. The van der Waals surface area contributed by atoms with Crippen LogP contribution < -0.4 is 10.2 Å². The fourth-order valence-corrected chi connectivity index (χ4v) is 2.50. The number of hydrogen-bond donors (Lipinski definition) is 1. The number of rotatable bonds is 2. The van der Waals surface area contributed by atoms with Crippen molar-refractivity contribution < 1.29 is 0 Å². The molecule has 1 fully saturated rings. The monoisotopic (exact) mass is 232 g/mol. The summed E-state index contributed by atoms with van der Waals surface area (Å²) < 4.78 is 0. The first kappa shape index (κ1) is 12.3. The molecule has 2 nitrogen and oxygen atoms in total. The lowest BCUT2D eigenvalue weighted by Crippen LogP contribution is -2.37. The van der Waals surface area contributed by atoms with E-state index < -0.39 is 0 Å². The van der Waals surface area contributed by atoms with Crippen LogP contribution in [0.15, 0.2) is 18.2 Å². The smallest absolute Gasteiger partial charge is 0.0370 e. The average Bonchev–Trinajstić information content (AvgIpc) is 2.29. The van der Waals surface area contributed by atoms with E-state index in [0.29, 0.717) is 5.41 Å². The zero-order chi connectivity index (χ0) is 12.5. The Labute approximate surface area is 105 Å². The van der Waals surface area contributed by atoms with Gasteiger partial charge in [-0.2, -0.15) is 0 Å². The maximum atomic E-state index is 3.22. The van der Waals surface area contributed by atoms with Crippen LogP contribution in [0.3, 0.4) is 0 Å². The van der Waals surface area contributed by atoms with Crippen LogP contribution in [-0.2, 0) is 0 Å². The molecule has 17 heavy (non-hydrogen) atoms. The number of anilines is 2. The lowest BCUT2D eigenvalue weighted by molar-refractivity contribution is 0.280. The molecule has 1 N–H and O–H groups in total. The molecule has 0 saturated carbocycles. The maximum absolute atomic E-state index is 3.22. The molecule has 1 aliphatic heterocycles. The minimum Gasteiger partial charge on any atom is -0.388 e. The number of hydrogen-bond acceptors (Lipinski definition) is 2. The molecule has 0 bridgehead atoms. The molecular formula is C15H24N2. The summed E-state index contributed by atoms with van der Waals surface area (Å²) in [6.07, 6.45) is 2.58. The van der Waals surface area contributed by atoms with Crippen LogP contribution in [0.2, 0.25) is 0 Å². The Kier molecular flexibility index (Phi) is 3.32. The van der Waals surface area contributed by atoms with Gasteiger partial charge in [-0.05, 0) is 48.9 Å². The summed E-state index contributed by atoms with van der Waals surface area (Å²) >= 11 is 0. The van der Waals surface area contributed by atoms with Gasteiger partial charge >= 0.3 is 0 Å². The van der Waals surface area contributed by atoms with Crippen molar-refractivity contribution in [2.45, 2.75) is 33.6 Å². The predicted molar refractivity (Wildman–Crippen MR) is 76.0 cm³/mol. The molecule has 1 saturated heterocycles. The lowest BCUT2D eigenvalue weighted by Gasteiger charge is -2.38. The van der Waals surface area contributed by atoms with Crippen molar-refractivity contribution in [1.29, 1.82) is 0 Å². The van der Waals surface area contributed by atoms with Crippen molar-refractivity contribution in [3.8, 4) is 0 Å². The normalized spacial score (nSPS) is 19.2. The largest absolute Gasteiger partial charge is 0.388 e. The zero-order valence-corrected chi connectivity index (χ0v) is 11.5. The van der Waals surface area contributed by atoms with Crippen molar-refractivity contribution in [2.75, 3.05) is 30.4 Å². The van der Waals surface area contributed by atoms with Crippen LogP contribution in [0.25, 0.3) is 0 Å². The van der Waals surface area contributed by atoms with Gasteiger partial charge in [0.1, 0.15) is 0 Å². The van der Waals surface area contributed by atoms with E-state index in [1.54, 1.807) is 0 Å². The van der Waals surface area contributed by atoms with Gasteiger partial charge in [-0.15, -0.1) is 0 Å². The molecule has 1 aliphatic rings. The molecule has 2 rings (SSSR count). The highest BCUT2D eigenvalue weighted by atomic mass is 15.1. The van der Waals surface area contributed by atoms with E-state index in [-0.39, 0.29) is 0 Å². The molecule has 1 heterocycles. The van der Waals surface area contributed by atoms with E-state index in [9.17, 15) is 0 Å². The van der Waals surface area contributed by atoms with E-state index in [1.807, 2.05) is 7.05 Å². The lowest BCUT2D eigenvalue weighted by atomic mass is 9.82. The van der Waals surface area contributed by atoms with Crippen LogP contribution in [0.5, 0.6) is 0 Å². The van der Waals surface area contributed by atoms with E-state index in [2.05, 4.69) is 49.2 Å². The second-order valence-corrected chi connectivity index (χ2v) is 5.90. The van der Waals surface area contributed by atoms with E-state index >= 15 is 0 Å². The molecule has 0 spiro atoms. The fourth-order valence-electron chi connectivity index (χ4n) is 2.50. The van der Waals surface area contributed by atoms with Gasteiger partial charge in [-0.3, -0.25) is 0 Å². The molecule has 0 aromatic heterocycles. The molecule has 0 amide bonds. The summed E-state index contributed by atoms with van der Waals surface area (Å²) in [6, 6.07) is 6.71. The van der Waals surface area contributed by atoms with Gasteiger partial charge in [0.15, 0.2) is 0 Å². The minimum absolute atomic E-state index is 0.524. The van der Waals surface area contributed by atoms with Crippen molar-refractivity contribution in [2.24, 2.45) is 5.41 Å². The molecule has 0 atom stereocenters. The van der Waals surface area contributed by atoms with Gasteiger partial charge in [0.25, 0.3) is 0 Å². The van der Waals surface area contributed by atoms with E-state index in [4.69, 9.17) is 0 Å². The van der Waals surface area contributed by atoms with Crippen LogP contribution in [0.1, 0.15) is 32.3 Å². The van der Waals surface area contributed by atoms with Gasteiger partial charge in [0, 0.05) is 31.5 Å². The van der Waals surface area contributed by atoms with Crippen molar-refractivity contribution >= 4 is 11.4 Å². The highest BCUT2D eigenvalue weighted by Gasteiger charge is 2.25. The Morgan fingerprint density at radius 1 is 1.18 bits per heavy atom. The summed E-state index contributed by atoms with van der Waals surface area (Å²) in [6.45, 7) is 9.29. The summed E-state index contributed by atoms with van der Waals surface area (Å²) in [5.74, 6) is 0. The fraction of sp³-hybridized carbons (Fsp3) is 0.600. The minimum atomic E-state index is 0.524. The number of benzene rings is 1. The van der Waals surface area contributed by atoms with E-state index in [0.717, 1.165) is 0 Å². The predicted octanol–water partition coefficient (Wildman–Crippen LogP) is 3.66. The third-order valence-corrected chi connectivity index (χ3v) is 3.96. The molecule has 1 aromatic rings. The average molecular weight is 232 g/mol. The standard InChI is InChI=1S/C15H24N2/c1-12-11-13(5-6-14(12)16-4)17-9-7-15(2,3)8-10-17/h5-6,11,16H,7-10H2,1-4H3. The van der Waals surface area contributed by atoms with Crippen molar-refractivity contribution in [3.05, 3.63) is 23.8 Å². The summed E-state index contributed by atoms with van der Waals surface area (Å²) in [5, 5.41) is 3.22. The van der Waals surface area contributed by atoms with Gasteiger partial charge in [-0.1, -0.05) is 13.8 Å². The van der Waals surface area contributed by atoms with Gasteiger partial charge < -0.3 is 10.2 Å². The highest BCUT2D eigenvalue weighted by molar-refractivity contribution is 5.60. The van der Waals surface area contributed by atoms with Crippen LogP contribution in [0, 0.1) is 12.3 Å². The Morgan fingerprint density at radius 3 is 2.35 bits per heavy atom. The van der Waals surface area contributed by atoms with Gasteiger partial charge in [0.05, 0.1) is 0 Å². The SMILES string of the molecule is CNc1ccc(N2CCC(C)(C)CC2)cc1C. The van der Waals surface area contributed by atoms with Gasteiger partial charge in [-0.25, -0.2) is 0 Å². The number of piperidine rings is 1. The van der Waals surface area contributed by atoms with Crippen molar-refractivity contribution in [3.63, 3.8) is 0 Å². The first-order chi connectivity index (χ1) is 8.02. The molecule has 94 valence electrons. The van der Waals surface area contributed by atoms with E-state index in [1.165, 1.54) is 42.9 Å². The second kappa shape index (κ2) is 4.59. The first-order valence-electron chi connectivity index (χ1n) is 6.55. The molecule has 2 heteroatoms. The molecule has 0 unspecified atom stereocenters. The topological polar surface area (TPSA) is 15.3 Å². The second-order valence-electron chi connectivity index (χ2n) is 5.90. The van der Waals surface area contributed by atoms with Crippen LogP contribution in [0.4, 0.5) is 11.4 Å². The molecule has 1 aromatic carbocycles. The summed E-state index contributed by atoms with van der Waals surface area (Å²) in [5.41, 5.74) is 4.45. The quantitative estimate of drug-likeness (QED) is 0.837. The Morgan fingerprint density at radius 2 is 1.82 bits per heavy atom. The summed E-state index contributed by atoms with van der Waals surface area (Å²) in [4.78, 5) is 2.51. The number of nitrogens with zero attached hydrogens (tertiary/aromatic N) is 1. The van der Waals surface area contributed by atoms with Crippen LogP contribution in [-0.4, -0.2) is 20.1 Å². The van der Waals surface area contributed by atoms with Gasteiger partial charge in [0.2, 0.25) is 0 Å². The third-order valence-electron chi connectivity index (χ3n) is 3.96. The first-order valence-corrected chi connectivity index (χ1v) is 6.55.